The van der Waals surface area contributed by atoms with Gasteiger partial charge in [-0.15, -0.1) is 0 Å². The van der Waals surface area contributed by atoms with Gasteiger partial charge in [0.1, 0.15) is 5.65 Å². The van der Waals surface area contributed by atoms with Crippen LogP contribution in [0.15, 0.2) is 22.9 Å². The molecule has 0 bridgehead atoms. The van der Waals surface area contributed by atoms with Crippen LogP contribution in [0.5, 0.6) is 0 Å². The molecule has 1 amide bonds. The Labute approximate surface area is 150 Å². The lowest BCUT2D eigenvalue weighted by Crippen LogP contribution is -2.49. The fourth-order valence-electron chi connectivity index (χ4n) is 3.10. The van der Waals surface area contributed by atoms with E-state index in [-0.39, 0.29) is 5.91 Å². The summed E-state index contributed by atoms with van der Waals surface area (Å²) in [5.74, 6) is 0.239. The van der Waals surface area contributed by atoms with E-state index in [9.17, 15) is 4.79 Å². The van der Waals surface area contributed by atoms with Gasteiger partial charge in [-0.3, -0.25) is 4.79 Å². The lowest BCUT2D eigenvalue weighted by molar-refractivity contribution is -0.131. The highest BCUT2D eigenvalue weighted by atomic mass is 79.9. The molecule has 130 valence electrons. The average Bonchev–Trinajstić information content (AvgIpc) is 3.03. The number of piperazine rings is 1. The second-order valence-corrected chi connectivity index (χ2v) is 7.28. The van der Waals surface area contributed by atoms with Crippen molar-refractivity contribution in [2.45, 2.75) is 26.3 Å². The van der Waals surface area contributed by atoms with E-state index in [2.05, 4.69) is 56.0 Å². The van der Waals surface area contributed by atoms with Gasteiger partial charge in [-0.25, -0.2) is 4.98 Å². The van der Waals surface area contributed by atoms with Gasteiger partial charge < -0.3 is 20.1 Å². The number of halogens is 1. The third-order valence-electron chi connectivity index (χ3n) is 4.35. The maximum Gasteiger partial charge on any atom is 0.223 e. The molecular weight excluding hydrogens is 370 g/mol. The molecule has 0 radical (unpaired) electrons. The summed E-state index contributed by atoms with van der Waals surface area (Å²) in [6.07, 6.45) is 4.32. The molecule has 0 aromatic carbocycles. The minimum atomic E-state index is 0.239. The number of pyridine rings is 1. The number of rotatable bonds is 5. The molecule has 7 heteroatoms. The molecule has 0 aliphatic carbocycles. The van der Waals surface area contributed by atoms with Gasteiger partial charge in [0.25, 0.3) is 0 Å². The summed E-state index contributed by atoms with van der Waals surface area (Å²) >= 11 is 3.62. The van der Waals surface area contributed by atoms with Crippen LogP contribution in [-0.2, 0) is 4.79 Å². The molecule has 0 atom stereocenters. The van der Waals surface area contributed by atoms with Crippen LogP contribution < -0.4 is 10.2 Å². The molecule has 3 heterocycles. The van der Waals surface area contributed by atoms with Gasteiger partial charge in [0, 0.05) is 63.0 Å². The summed E-state index contributed by atoms with van der Waals surface area (Å²) < 4.78 is 0.996. The molecule has 0 saturated carbocycles. The summed E-state index contributed by atoms with van der Waals surface area (Å²) in [5, 5.41) is 4.42. The zero-order valence-electron chi connectivity index (χ0n) is 14.2. The predicted octanol–water partition coefficient (Wildman–Crippen LogP) is 2.36. The van der Waals surface area contributed by atoms with Crippen molar-refractivity contribution in [3.05, 3.63) is 22.9 Å². The number of aromatic nitrogens is 2. The number of fused-ring (bicyclic) bond motifs is 1. The van der Waals surface area contributed by atoms with Crippen LogP contribution in [0.25, 0.3) is 11.0 Å². The molecule has 2 aromatic heterocycles. The summed E-state index contributed by atoms with van der Waals surface area (Å²) in [5.41, 5.74) is 2.06. The van der Waals surface area contributed by atoms with Crippen LogP contribution in [0, 0.1) is 0 Å². The number of hydrogen-bond acceptors (Lipinski definition) is 4. The summed E-state index contributed by atoms with van der Waals surface area (Å²) in [4.78, 5) is 24.2. The number of nitrogens with zero attached hydrogens (tertiary/aromatic N) is 3. The van der Waals surface area contributed by atoms with Gasteiger partial charge in [-0.05, 0) is 22.0 Å². The van der Waals surface area contributed by atoms with Crippen molar-refractivity contribution < 1.29 is 4.79 Å². The molecule has 2 N–H and O–H groups in total. The van der Waals surface area contributed by atoms with Crippen molar-refractivity contribution in [2.24, 2.45) is 0 Å². The minimum absolute atomic E-state index is 0.239. The molecule has 0 spiro atoms. The first-order valence-corrected chi connectivity index (χ1v) is 9.23. The number of anilines is 1. The van der Waals surface area contributed by atoms with Gasteiger partial charge in [0.15, 0.2) is 0 Å². The van der Waals surface area contributed by atoms with Gasteiger partial charge >= 0.3 is 0 Å². The third-order valence-corrected chi connectivity index (χ3v) is 4.93. The fraction of sp³-hybridized carbons (Fsp3) is 0.529. The van der Waals surface area contributed by atoms with Crippen LogP contribution in [0.2, 0.25) is 0 Å². The minimum Gasteiger partial charge on any atom is -0.366 e. The van der Waals surface area contributed by atoms with E-state index in [1.165, 1.54) is 0 Å². The Morgan fingerprint density at radius 1 is 1.38 bits per heavy atom. The van der Waals surface area contributed by atoms with Crippen LogP contribution in [0.4, 0.5) is 5.69 Å². The Morgan fingerprint density at radius 3 is 2.83 bits per heavy atom. The highest BCUT2D eigenvalue weighted by Gasteiger charge is 2.23. The highest BCUT2D eigenvalue weighted by molar-refractivity contribution is 9.10. The lowest BCUT2D eigenvalue weighted by atomic mass is 10.2. The normalized spacial score (nSPS) is 15.5. The van der Waals surface area contributed by atoms with Crippen LogP contribution >= 0.6 is 15.9 Å². The lowest BCUT2D eigenvalue weighted by Gasteiger charge is -2.37. The first kappa shape index (κ1) is 17.2. The first-order valence-electron chi connectivity index (χ1n) is 8.44. The van der Waals surface area contributed by atoms with Crippen molar-refractivity contribution >= 4 is 38.6 Å². The smallest absolute Gasteiger partial charge is 0.223 e. The van der Waals surface area contributed by atoms with Crippen molar-refractivity contribution in [3.8, 4) is 0 Å². The molecule has 24 heavy (non-hydrogen) atoms. The van der Waals surface area contributed by atoms with E-state index in [0.29, 0.717) is 12.5 Å². The van der Waals surface area contributed by atoms with Crippen LogP contribution in [0.3, 0.4) is 0 Å². The molecular formula is C17H24BrN5O. The van der Waals surface area contributed by atoms with Crippen molar-refractivity contribution in [3.63, 3.8) is 0 Å². The number of carbonyl (C=O) groups is 1. The maximum absolute atomic E-state index is 12.3. The van der Waals surface area contributed by atoms with Gasteiger partial charge in [0.05, 0.1) is 10.2 Å². The van der Waals surface area contributed by atoms with Crippen molar-refractivity contribution in [1.82, 2.24) is 20.2 Å². The monoisotopic (exact) mass is 393 g/mol. The molecule has 1 aliphatic heterocycles. The molecule has 1 saturated heterocycles. The van der Waals surface area contributed by atoms with Crippen molar-refractivity contribution in [2.75, 3.05) is 37.6 Å². The largest absolute Gasteiger partial charge is 0.366 e. The van der Waals surface area contributed by atoms with E-state index in [1.54, 1.807) is 0 Å². The first-order chi connectivity index (χ1) is 11.6. The zero-order valence-corrected chi connectivity index (χ0v) is 15.8. The van der Waals surface area contributed by atoms with E-state index in [1.807, 2.05) is 17.3 Å². The number of carbonyl (C=O) groups excluding carboxylic acids is 1. The number of H-pyrrole nitrogens is 1. The van der Waals surface area contributed by atoms with Gasteiger partial charge in [-0.2, -0.15) is 0 Å². The Balaban J connectivity index is 1.61. The molecule has 0 unspecified atom stereocenters. The van der Waals surface area contributed by atoms with E-state index < -0.39 is 0 Å². The van der Waals surface area contributed by atoms with E-state index in [0.717, 1.165) is 53.9 Å². The Morgan fingerprint density at radius 2 is 2.12 bits per heavy atom. The Hall–Kier alpha value is -1.60. The molecule has 1 aliphatic rings. The highest BCUT2D eigenvalue weighted by Crippen LogP contribution is 2.33. The second kappa shape index (κ2) is 7.53. The predicted molar refractivity (Wildman–Crippen MR) is 100 cm³/mol. The quantitative estimate of drug-likeness (QED) is 0.818. The zero-order chi connectivity index (χ0) is 17.1. The van der Waals surface area contributed by atoms with Gasteiger partial charge in [0.2, 0.25) is 5.91 Å². The Kier molecular flexibility index (Phi) is 5.40. The maximum atomic E-state index is 12.3. The SMILES string of the molecule is CC(C)NCCC(=O)N1CCN(c2c(Br)cnc3[nH]ccc23)CC1. The number of aromatic amines is 1. The summed E-state index contributed by atoms with van der Waals surface area (Å²) in [6, 6.07) is 2.47. The topological polar surface area (TPSA) is 64.3 Å². The second-order valence-electron chi connectivity index (χ2n) is 6.42. The van der Waals surface area contributed by atoms with Crippen LogP contribution in [0.1, 0.15) is 20.3 Å². The Bertz CT molecular complexity index is 706. The average molecular weight is 394 g/mol. The van der Waals surface area contributed by atoms with Crippen molar-refractivity contribution in [1.29, 1.82) is 0 Å². The number of hydrogen-bond donors (Lipinski definition) is 2. The third kappa shape index (κ3) is 3.72. The standard InChI is InChI=1S/C17H24BrN5O/c1-12(2)19-6-4-15(24)22-7-9-23(10-8-22)16-13-3-5-20-17(13)21-11-14(16)18/h3,5,11-12,19H,4,6-10H2,1-2H3,(H,20,21). The molecule has 2 aromatic rings. The summed E-state index contributed by atoms with van der Waals surface area (Å²) in [6.45, 7) is 8.15. The van der Waals surface area contributed by atoms with Gasteiger partial charge in [-0.1, -0.05) is 13.8 Å². The number of nitrogens with one attached hydrogen (secondary N) is 2. The van der Waals surface area contributed by atoms with E-state index >= 15 is 0 Å². The molecule has 3 rings (SSSR count). The fourth-order valence-corrected chi connectivity index (χ4v) is 3.66. The number of amides is 1. The van der Waals surface area contributed by atoms with Crippen LogP contribution in [-0.4, -0.2) is 59.5 Å². The molecule has 1 fully saturated rings. The molecule has 6 nitrogen and oxygen atoms in total. The summed E-state index contributed by atoms with van der Waals surface area (Å²) in [7, 11) is 0. The van der Waals surface area contributed by atoms with E-state index in [4.69, 9.17) is 0 Å².